The van der Waals surface area contributed by atoms with Crippen LogP contribution in [0, 0.1) is 0 Å². The molecule has 1 atom stereocenters. The van der Waals surface area contributed by atoms with E-state index in [1.54, 1.807) is 6.92 Å². The van der Waals surface area contributed by atoms with Gasteiger partial charge in [-0.3, -0.25) is 4.79 Å². The molecule has 0 radical (unpaired) electrons. The lowest BCUT2D eigenvalue weighted by Crippen LogP contribution is -2.34. The zero-order valence-electron chi connectivity index (χ0n) is 10.4. The summed E-state index contributed by atoms with van der Waals surface area (Å²) in [6.45, 7) is 3.21. The van der Waals surface area contributed by atoms with Crippen LogP contribution >= 0.6 is 0 Å². The van der Waals surface area contributed by atoms with Gasteiger partial charge in [0.1, 0.15) is 0 Å². The molecule has 92 valence electrons. The highest BCUT2D eigenvalue weighted by atomic mass is 16.3. The van der Waals surface area contributed by atoms with E-state index in [0.717, 1.165) is 24.1 Å². The normalized spacial score (nSPS) is 25.1. The molecule has 0 bridgehead atoms. The fourth-order valence-corrected chi connectivity index (χ4v) is 2.48. The van der Waals surface area contributed by atoms with Gasteiger partial charge in [-0.2, -0.15) is 0 Å². The van der Waals surface area contributed by atoms with Gasteiger partial charge in [-0.15, -0.1) is 0 Å². The molecule has 3 nitrogen and oxygen atoms in total. The maximum atomic E-state index is 11.3. The molecule has 0 aromatic heterocycles. The second-order valence-electron chi connectivity index (χ2n) is 5.15. The molecule has 0 aliphatic carbocycles. The molecule has 1 aliphatic heterocycles. The molecular formula is C14H19NO2. The molecule has 0 amide bonds. The zero-order valence-corrected chi connectivity index (χ0v) is 10.4. The molecule has 3 heteroatoms. The average molecular weight is 233 g/mol. The third-order valence-corrected chi connectivity index (χ3v) is 3.39. The van der Waals surface area contributed by atoms with Crippen molar-refractivity contribution in [1.29, 1.82) is 0 Å². The van der Waals surface area contributed by atoms with Crippen LogP contribution in [0.1, 0.15) is 29.3 Å². The molecule has 1 unspecified atom stereocenters. The molecule has 1 aliphatic rings. The second kappa shape index (κ2) is 4.59. The summed E-state index contributed by atoms with van der Waals surface area (Å²) >= 11 is 0. The molecule has 1 aromatic rings. The summed E-state index contributed by atoms with van der Waals surface area (Å²) < 4.78 is 0. The van der Waals surface area contributed by atoms with Crippen molar-refractivity contribution in [2.75, 3.05) is 20.1 Å². The third-order valence-electron chi connectivity index (χ3n) is 3.39. The first-order chi connectivity index (χ1) is 7.98. The van der Waals surface area contributed by atoms with E-state index in [1.165, 1.54) is 0 Å². The number of carbonyl (C=O) groups excluding carboxylic acids is 1. The van der Waals surface area contributed by atoms with Gasteiger partial charge in [-0.25, -0.2) is 0 Å². The van der Waals surface area contributed by atoms with Gasteiger partial charge in [0.25, 0.3) is 0 Å². The Bertz CT molecular complexity index is 430. The quantitative estimate of drug-likeness (QED) is 0.804. The van der Waals surface area contributed by atoms with Crippen LogP contribution < -0.4 is 0 Å². The first-order valence-corrected chi connectivity index (χ1v) is 5.99. The fourth-order valence-electron chi connectivity index (χ4n) is 2.48. The molecule has 0 saturated carbocycles. The maximum absolute atomic E-state index is 11.3. The number of carbonyl (C=O) groups is 1. The third kappa shape index (κ3) is 2.93. The van der Waals surface area contributed by atoms with E-state index < -0.39 is 5.60 Å². The van der Waals surface area contributed by atoms with E-state index in [0.29, 0.717) is 13.0 Å². The van der Waals surface area contributed by atoms with Crippen molar-refractivity contribution in [2.45, 2.75) is 25.4 Å². The van der Waals surface area contributed by atoms with Crippen LogP contribution in [0.15, 0.2) is 24.3 Å². The smallest absolute Gasteiger partial charge is 0.159 e. The maximum Gasteiger partial charge on any atom is 0.159 e. The highest BCUT2D eigenvalue weighted by molar-refractivity contribution is 5.94. The summed E-state index contributed by atoms with van der Waals surface area (Å²) in [5.41, 5.74) is 1.12. The number of β-amino-alcohol motifs (C(OH)–C–C–N with tert-alkyl or cyclic N) is 1. The Kier molecular flexibility index (Phi) is 3.31. The predicted octanol–water partition coefficient (Wildman–Crippen LogP) is 1.50. The van der Waals surface area contributed by atoms with Gasteiger partial charge in [0.05, 0.1) is 5.60 Å². The van der Waals surface area contributed by atoms with Gasteiger partial charge in [-0.05, 0) is 32.0 Å². The van der Waals surface area contributed by atoms with Crippen LogP contribution in [0.2, 0.25) is 0 Å². The number of hydrogen-bond donors (Lipinski definition) is 1. The van der Waals surface area contributed by atoms with Crippen molar-refractivity contribution in [3.8, 4) is 0 Å². The molecule has 1 saturated heterocycles. The van der Waals surface area contributed by atoms with Crippen LogP contribution in [0.4, 0.5) is 0 Å². The molecule has 1 aromatic carbocycles. The minimum Gasteiger partial charge on any atom is -0.388 e. The molecule has 0 spiro atoms. The Hall–Kier alpha value is -1.19. The molecular weight excluding hydrogens is 214 g/mol. The number of hydrogen-bond acceptors (Lipinski definition) is 3. The number of Topliss-reactive ketones (excluding diaryl/α,β-unsaturated/α-hetero) is 1. The Morgan fingerprint density at radius 2 is 2.29 bits per heavy atom. The minimum atomic E-state index is -0.635. The lowest BCUT2D eigenvalue weighted by molar-refractivity contribution is 0.0523. The summed E-state index contributed by atoms with van der Waals surface area (Å²) in [6, 6.07) is 7.56. The summed E-state index contributed by atoms with van der Waals surface area (Å²) in [4.78, 5) is 13.4. The van der Waals surface area contributed by atoms with Crippen molar-refractivity contribution < 1.29 is 9.90 Å². The van der Waals surface area contributed by atoms with Crippen LogP contribution in [0.3, 0.4) is 0 Å². The number of ketones is 1. The van der Waals surface area contributed by atoms with Crippen molar-refractivity contribution in [3.63, 3.8) is 0 Å². The monoisotopic (exact) mass is 233 g/mol. The first kappa shape index (κ1) is 12.3. The highest BCUT2D eigenvalue weighted by Gasteiger charge is 2.34. The number of benzene rings is 1. The van der Waals surface area contributed by atoms with Gasteiger partial charge < -0.3 is 10.0 Å². The van der Waals surface area contributed by atoms with Crippen molar-refractivity contribution in [3.05, 3.63) is 35.4 Å². The Labute approximate surface area is 102 Å². The number of likely N-dealkylation sites (N-methyl/N-ethyl adjacent to an activating group) is 1. The van der Waals surface area contributed by atoms with Crippen LogP contribution in [-0.4, -0.2) is 41.5 Å². The van der Waals surface area contributed by atoms with Crippen LogP contribution in [0.5, 0.6) is 0 Å². The number of rotatable bonds is 3. The second-order valence-corrected chi connectivity index (χ2v) is 5.15. The fraction of sp³-hybridized carbons (Fsp3) is 0.500. The van der Waals surface area contributed by atoms with E-state index in [2.05, 4.69) is 4.90 Å². The van der Waals surface area contributed by atoms with Crippen molar-refractivity contribution in [2.24, 2.45) is 0 Å². The van der Waals surface area contributed by atoms with E-state index in [1.807, 2.05) is 31.3 Å². The minimum absolute atomic E-state index is 0.0716. The molecule has 1 N–H and O–H groups in total. The van der Waals surface area contributed by atoms with Gasteiger partial charge in [0.2, 0.25) is 0 Å². The van der Waals surface area contributed by atoms with Crippen molar-refractivity contribution >= 4 is 5.78 Å². The summed E-state index contributed by atoms with van der Waals surface area (Å²) in [5.74, 6) is 0.0716. The van der Waals surface area contributed by atoms with Crippen molar-refractivity contribution in [1.82, 2.24) is 4.90 Å². The van der Waals surface area contributed by atoms with Gasteiger partial charge >= 0.3 is 0 Å². The summed E-state index contributed by atoms with van der Waals surface area (Å²) in [7, 11) is 2.02. The molecule has 1 heterocycles. The van der Waals surface area contributed by atoms with E-state index in [-0.39, 0.29) is 5.78 Å². The number of aliphatic hydroxyl groups is 1. The highest BCUT2D eigenvalue weighted by Crippen LogP contribution is 2.24. The molecule has 1 fully saturated rings. The largest absolute Gasteiger partial charge is 0.388 e. The average Bonchev–Trinajstić information content (AvgIpc) is 2.58. The lowest BCUT2D eigenvalue weighted by Gasteiger charge is -2.22. The topological polar surface area (TPSA) is 40.5 Å². The van der Waals surface area contributed by atoms with Gasteiger partial charge in [0, 0.05) is 25.1 Å². The van der Waals surface area contributed by atoms with E-state index >= 15 is 0 Å². The SMILES string of the molecule is CC(=O)c1cccc(CC2(O)CCN(C)C2)c1. The zero-order chi connectivity index (χ0) is 12.5. The van der Waals surface area contributed by atoms with E-state index in [9.17, 15) is 9.90 Å². The first-order valence-electron chi connectivity index (χ1n) is 5.99. The molecule has 17 heavy (non-hydrogen) atoms. The van der Waals surface area contributed by atoms with Crippen LogP contribution in [-0.2, 0) is 6.42 Å². The lowest BCUT2D eigenvalue weighted by atomic mass is 9.92. The Morgan fingerprint density at radius 3 is 2.88 bits per heavy atom. The van der Waals surface area contributed by atoms with Gasteiger partial charge in [-0.1, -0.05) is 18.2 Å². The predicted molar refractivity (Wildman–Crippen MR) is 67.2 cm³/mol. The Morgan fingerprint density at radius 1 is 1.53 bits per heavy atom. The van der Waals surface area contributed by atoms with Gasteiger partial charge in [0.15, 0.2) is 5.78 Å². The molecule has 2 rings (SSSR count). The van der Waals surface area contributed by atoms with Crippen LogP contribution in [0.25, 0.3) is 0 Å². The van der Waals surface area contributed by atoms with E-state index in [4.69, 9.17) is 0 Å². The standard InChI is InChI=1S/C14H19NO2/c1-11(16)13-5-3-4-12(8-13)9-14(17)6-7-15(2)10-14/h3-5,8,17H,6-7,9-10H2,1-2H3. The summed E-state index contributed by atoms with van der Waals surface area (Å²) in [5, 5.41) is 10.4. The number of nitrogens with zero attached hydrogens (tertiary/aromatic N) is 1. The Balaban J connectivity index is 2.13. The number of likely N-dealkylation sites (tertiary alicyclic amines) is 1. The summed E-state index contributed by atoms with van der Waals surface area (Å²) in [6.07, 6.45) is 1.42.